The fourth-order valence-corrected chi connectivity index (χ4v) is 4.43. The lowest BCUT2D eigenvalue weighted by Crippen LogP contribution is -2.67. The number of esters is 1. The highest BCUT2D eigenvalue weighted by Gasteiger charge is 2.68. The van der Waals surface area contributed by atoms with Gasteiger partial charge in [0.1, 0.15) is 16.1 Å². The zero-order valence-electron chi connectivity index (χ0n) is 16.8. The topological polar surface area (TPSA) is 70.6 Å². The van der Waals surface area contributed by atoms with Crippen molar-refractivity contribution in [3.05, 3.63) is 28.2 Å². The van der Waals surface area contributed by atoms with Crippen molar-refractivity contribution < 1.29 is 27.6 Å². The summed E-state index contributed by atoms with van der Waals surface area (Å²) in [6.07, 6.45) is -0.295. The maximum Gasteiger partial charge on any atom is 0.379 e. The van der Waals surface area contributed by atoms with Crippen LogP contribution < -0.4 is 9.46 Å². The van der Waals surface area contributed by atoms with Gasteiger partial charge >= 0.3 is 11.9 Å². The predicted octanol–water partition coefficient (Wildman–Crippen LogP) is 4.46. The highest BCUT2D eigenvalue weighted by Crippen LogP contribution is 2.53. The Morgan fingerprint density at radius 1 is 1.39 bits per heavy atom. The molecule has 1 N–H and O–H groups in total. The first-order valence-corrected chi connectivity index (χ1v) is 10.8. The van der Waals surface area contributed by atoms with Crippen molar-refractivity contribution in [1.82, 2.24) is 4.72 Å². The molecular weight excluding hydrogens is 456 g/mol. The summed E-state index contributed by atoms with van der Waals surface area (Å²) in [5.41, 5.74) is -3.28. The van der Waals surface area contributed by atoms with Gasteiger partial charge in [-0.3, -0.25) is 0 Å². The number of halogens is 3. The number of rotatable bonds is 5. The molecular formula is C19H26BrF2NO4S. The van der Waals surface area contributed by atoms with Crippen LogP contribution in [0.4, 0.5) is 8.78 Å². The summed E-state index contributed by atoms with van der Waals surface area (Å²) in [4.78, 5) is 12.3. The van der Waals surface area contributed by atoms with E-state index in [1.54, 1.807) is 46.8 Å². The third-order valence-electron chi connectivity index (χ3n) is 4.37. The number of carbonyl (C=O) groups is 1. The Balaban J connectivity index is 2.78. The lowest BCUT2D eigenvalue weighted by atomic mass is 9.74. The molecule has 0 aromatic heterocycles. The molecule has 2 rings (SSSR count). The Morgan fingerprint density at radius 2 is 2.00 bits per heavy atom. The van der Waals surface area contributed by atoms with Crippen molar-refractivity contribution in [3.8, 4) is 5.75 Å². The van der Waals surface area contributed by atoms with E-state index in [0.717, 1.165) is 0 Å². The number of hydrogen-bond donors (Lipinski definition) is 1. The van der Waals surface area contributed by atoms with E-state index >= 15 is 8.78 Å². The van der Waals surface area contributed by atoms with Crippen LogP contribution in [0.5, 0.6) is 5.75 Å². The molecule has 0 bridgehead atoms. The van der Waals surface area contributed by atoms with E-state index in [1.807, 2.05) is 0 Å². The maximum absolute atomic E-state index is 15.7. The molecule has 158 valence electrons. The van der Waals surface area contributed by atoms with E-state index in [2.05, 4.69) is 25.4 Å². The van der Waals surface area contributed by atoms with E-state index in [4.69, 9.17) is 4.74 Å². The summed E-state index contributed by atoms with van der Waals surface area (Å²) in [6.45, 7) is 9.55. The molecule has 5 nitrogen and oxygen atoms in total. The highest BCUT2D eigenvalue weighted by atomic mass is 79.9. The van der Waals surface area contributed by atoms with Gasteiger partial charge in [0.05, 0.1) is 6.61 Å². The number of carbonyl (C=O) groups excluding carboxylic acids is 1. The minimum Gasteiger partial charge on any atom is -0.598 e. The number of alkyl halides is 2. The van der Waals surface area contributed by atoms with Crippen LogP contribution in [-0.4, -0.2) is 33.4 Å². The Kier molecular flexibility index (Phi) is 6.46. The second-order valence-corrected chi connectivity index (χ2v) is 11.2. The van der Waals surface area contributed by atoms with E-state index in [0.29, 0.717) is 4.47 Å². The second-order valence-electron chi connectivity index (χ2n) is 8.36. The quantitative estimate of drug-likeness (QED) is 0.496. The van der Waals surface area contributed by atoms with E-state index < -0.39 is 39.1 Å². The fourth-order valence-electron chi connectivity index (χ4n) is 3.13. The Hall–Kier alpha value is -0.900. The molecule has 0 radical (unpaired) electrons. The van der Waals surface area contributed by atoms with Crippen LogP contribution in [0, 0.1) is 0 Å². The molecule has 1 heterocycles. The standard InChI is InChI=1S/C19H26BrF2NO4S/c1-7-26-15(24)19(21,22)18(23-28(25)16(2,3)4)11-17(5,6)27-14-9-8-12(20)10-13(14)18/h8-10,23H,7,11H2,1-6H3/t18?,28-/m1/s1. The lowest BCUT2D eigenvalue weighted by Gasteiger charge is -2.48. The van der Waals surface area contributed by atoms with Crippen LogP contribution in [0.2, 0.25) is 0 Å². The number of nitrogens with one attached hydrogen (secondary N) is 1. The van der Waals surface area contributed by atoms with Gasteiger partial charge in [0.2, 0.25) is 0 Å². The van der Waals surface area contributed by atoms with Gasteiger partial charge in [0, 0.05) is 27.8 Å². The van der Waals surface area contributed by atoms with E-state index in [1.165, 1.54) is 13.0 Å². The van der Waals surface area contributed by atoms with Crippen molar-refractivity contribution in [2.45, 2.75) is 69.8 Å². The number of hydrogen-bond acceptors (Lipinski definition) is 5. The van der Waals surface area contributed by atoms with Gasteiger partial charge in [-0.1, -0.05) is 15.9 Å². The molecule has 1 aliphatic rings. The molecule has 0 saturated heterocycles. The van der Waals surface area contributed by atoms with Gasteiger partial charge in [0.25, 0.3) is 0 Å². The Bertz CT molecular complexity index is 754. The van der Waals surface area contributed by atoms with Crippen molar-refractivity contribution >= 4 is 33.3 Å². The zero-order chi connectivity index (χ0) is 21.5. The first-order valence-electron chi connectivity index (χ1n) is 8.90. The lowest BCUT2D eigenvalue weighted by molar-refractivity contribution is -0.191. The van der Waals surface area contributed by atoms with Gasteiger partial charge in [-0.05, 0) is 59.7 Å². The SMILES string of the molecule is CCOC(=O)C(F)(F)C1(N[S@+]([O-])C(C)(C)C)CC(C)(C)Oc2ccc(Br)cc21. The number of ether oxygens (including phenoxy) is 2. The largest absolute Gasteiger partial charge is 0.598 e. The summed E-state index contributed by atoms with van der Waals surface area (Å²) >= 11 is 1.39. The average Bonchev–Trinajstić information content (AvgIpc) is 2.53. The smallest absolute Gasteiger partial charge is 0.379 e. The Labute approximate surface area is 176 Å². The van der Waals surface area contributed by atoms with E-state index in [-0.39, 0.29) is 24.3 Å². The van der Waals surface area contributed by atoms with Crippen LogP contribution >= 0.6 is 15.9 Å². The zero-order valence-corrected chi connectivity index (χ0v) is 19.2. The third-order valence-corrected chi connectivity index (χ3v) is 6.51. The minimum absolute atomic E-state index is 0.0526. The van der Waals surface area contributed by atoms with Gasteiger partial charge in [-0.15, -0.1) is 4.72 Å². The van der Waals surface area contributed by atoms with Gasteiger partial charge in [-0.25, -0.2) is 4.79 Å². The molecule has 2 atom stereocenters. The Morgan fingerprint density at radius 3 is 2.54 bits per heavy atom. The minimum atomic E-state index is -4.00. The van der Waals surface area contributed by atoms with Crippen LogP contribution in [0.15, 0.2) is 22.7 Å². The summed E-state index contributed by atoms with van der Waals surface area (Å²) in [5, 5.41) is 0. The summed E-state index contributed by atoms with van der Waals surface area (Å²) < 4.78 is 57.2. The summed E-state index contributed by atoms with van der Waals surface area (Å²) in [7, 11) is 0. The second kappa shape index (κ2) is 7.74. The number of benzene rings is 1. The summed E-state index contributed by atoms with van der Waals surface area (Å²) in [6, 6.07) is 4.68. The van der Waals surface area contributed by atoms with Gasteiger partial charge in [-0.2, -0.15) is 8.78 Å². The first kappa shape index (κ1) is 23.4. The van der Waals surface area contributed by atoms with Crippen molar-refractivity contribution in [1.29, 1.82) is 0 Å². The molecule has 0 fully saturated rings. The predicted molar refractivity (Wildman–Crippen MR) is 108 cm³/mol. The molecule has 0 spiro atoms. The van der Waals surface area contributed by atoms with Crippen molar-refractivity contribution in [2.24, 2.45) is 0 Å². The monoisotopic (exact) mass is 481 g/mol. The van der Waals surface area contributed by atoms with E-state index in [9.17, 15) is 9.35 Å². The fraction of sp³-hybridized carbons (Fsp3) is 0.632. The van der Waals surface area contributed by atoms with Crippen molar-refractivity contribution in [3.63, 3.8) is 0 Å². The van der Waals surface area contributed by atoms with Crippen LogP contribution in [0.3, 0.4) is 0 Å². The van der Waals surface area contributed by atoms with Crippen LogP contribution in [0.25, 0.3) is 0 Å². The molecule has 1 aromatic rings. The van der Waals surface area contributed by atoms with Gasteiger partial charge in [0.15, 0.2) is 5.54 Å². The first-order chi connectivity index (χ1) is 12.7. The summed E-state index contributed by atoms with van der Waals surface area (Å²) in [5.74, 6) is -5.47. The van der Waals surface area contributed by atoms with Crippen LogP contribution in [-0.2, 0) is 26.4 Å². The molecule has 0 amide bonds. The highest BCUT2D eigenvalue weighted by molar-refractivity contribution is 9.10. The molecule has 1 aromatic carbocycles. The van der Waals surface area contributed by atoms with Crippen molar-refractivity contribution in [2.75, 3.05) is 6.61 Å². The average molecular weight is 482 g/mol. The molecule has 9 heteroatoms. The molecule has 28 heavy (non-hydrogen) atoms. The maximum atomic E-state index is 15.7. The number of fused-ring (bicyclic) bond motifs is 1. The third kappa shape index (κ3) is 4.32. The molecule has 1 unspecified atom stereocenters. The molecule has 1 aliphatic heterocycles. The molecule has 0 aliphatic carbocycles. The van der Waals surface area contributed by atoms with Crippen LogP contribution in [0.1, 0.15) is 53.5 Å². The van der Waals surface area contributed by atoms with Gasteiger partial charge < -0.3 is 14.0 Å². The molecule has 0 saturated carbocycles. The normalized spacial score (nSPS) is 22.8.